The van der Waals surface area contributed by atoms with Crippen molar-refractivity contribution in [1.82, 2.24) is 10.2 Å². The molecule has 7 heteroatoms. The van der Waals surface area contributed by atoms with Crippen LogP contribution in [0.25, 0.3) is 0 Å². The quantitative estimate of drug-likeness (QED) is 0.714. The van der Waals surface area contributed by atoms with Gasteiger partial charge in [-0.25, -0.2) is 0 Å². The van der Waals surface area contributed by atoms with Crippen molar-refractivity contribution in [2.45, 2.75) is 38.8 Å². The van der Waals surface area contributed by atoms with Crippen LogP contribution in [-0.4, -0.2) is 61.1 Å². The molecule has 1 rings (SSSR count). The van der Waals surface area contributed by atoms with E-state index in [-0.39, 0.29) is 18.9 Å². The second kappa shape index (κ2) is 6.69. The molecule has 1 fully saturated rings. The molecule has 0 bridgehead atoms. The van der Waals surface area contributed by atoms with Gasteiger partial charge in [0.2, 0.25) is 5.91 Å². The number of rotatable bonds is 4. The summed E-state index contributed by atoms with van der Waals surface area (Å²) in [5.74, 6) is -1.20. The van der Waals surface area contributed by atoms with Crippen LogP contribution in [0.3, 0.4) is 0 Å². The first-order valence-corrected chi connectivity index (χ1v) is 6.54. The molecule has 0 radical (unpaired) electrons. The highest BCUT2D eigenvalue weighted by atomic mass is 16.6. The zero-order valence-corrected chi connectivity index (χ0v) is 12.4. The van der Waals surface area contributed by atoms with Gasteiger partial charge in [-0.1, -0.05) is 0 Å². The van der Waals surface area contributed by atoms with Crippen molar-refractivity contribution in [2.24, 2.45) is 0 Å². The smallest absolute Gasteiger partial charge is 0.325 e. The van der Waals surface area contributed by atoms with Gasteiger partial charge in [0, 0.05) is 13.1 Å². The van der Waals surface area contributed by atoms with Crippen molar-refractivity contribution >= 4 is 17.8 Å². The van der Waals surface area contributed by atoms with Crippen LogP contribution in [0.4, 0.5) is 0 Å². The third-order valence-electron chi connectivity index (χ3n) is 2.72. The fourth-order valence-electron chi connectivity index (χ4n) is 1.88. The molecule has 0 unspecified atom stereocenters. The Morgan fingerprint density at radius 3 is 2.55 bits per heavy atom. The maximum atomic E-state index is 12.1. The molecule has 0 aromatic carbocycles. The average molecular weight is 286 g/mol. The Hall–Kier alpha value is -1.63. The van der Waals surface area contributed by atoms with Gasteiger partial charge in [-0.15, -0.1) is 0 Å². The highest BCUT2D eigenvalue weighted by Gasteiger charge is 2.32. The summed E-state index contributed by atoms with van der Waals surface area (Å²) in [5, 5.41) is 2.96. The maximum absolute atomic E-state index is 12.1. The number of ether oxygens (including phenoxy) is 2. The van der Waals surface area contributed by atoms with Gasteiger partial charge in [0.05, 0.1) is 19.6 Å². The number of piperazine rings is 1. The Balaban J connectivity index is 2.56. The fraction of sp³-hybridized carbons (Fsp3) is 0.769. The fourth-order valence-corrected chi connectivity index (χ4v) is 1.88. The Kier molecular flexibility index (Phi) is 5.50. The predicted octanol–water partition coefficient (Wildman–Crippen LogP) is -0.308. The van der Waals surface area contributed by atoms with Crippen molar-refractivity contribution in [2.75, 3.05) is 26.7 Å². The standard InChI is InChI=1S/C13H22N2O5/c1-13(2,3)20-10(16)7-9-12(18)15(6-5-14-9)8-11(17)19-4/h9,14H,5-8H2,1-4H3/t9-/m0/s1. The number of nitrogens with zero attached hydrogens (tertiary/aromatic N) is 1. The minimum atomic E-state index is -0.650. The number of esters is 2. The van der Waals surface area contributed by atoms with Crippen LogP contribution in [-0.2, 0) is 23.9 Å². The molecule has 7 nitrogen and oxygen atoms in total. The van der Waals surface area contributed by atoms with Crippen LogP contribution in [0.15, 0.2) is 0 Å². The zero-order chi connectivity index (χ0) is 15.3. The summed E-state index contributed by atoms with van der Waals surface area (Å²) in [6.45, 7) is 6.15. The van der Waals surface area contributed by atoms with Crippen molar-refractivity contribution < 1.29 is 23.9 Å². The van der Waals surface area contributed by atoms with E-state index in [0.29, 0.717) is 13.1 Å². The van der Waals surface area contributed by atoms with Gasteiger partial charge >= 0.3 is 11.9 Å². The molecule has 1 atom stereocenters. The van der Waals surface area contributed by atoms with E-state index < -0.39 is 23.6 Å². The average Bonchev–Trinajstić information content (AvgIpc) is 2.31. The molecule has 1 amide bonds. The van der Waals surface area contributed by atoms with Gasteiger partial charge in [-0.3, -0.25) is 14.4 Å². The summed E-state index contributed by atoms with van der Waals surface area (Å²) >= 11 is 0. The van der Waals surface area contributed by atoms with E-state index in [1.807, 2.05) is 0 Å². The molecule has 0 aromatic rings. The third kappa shape index (κ3) is 5.16. The molecular weight excluding hydrogens is 264 g/mol. The van der Waals surface area contributed by atoms with E-state index in [1.54, 1.807) is 20.8 Å². The first-order chi connectivity index (χ1) is 9.23. The molecule has 114 valence electrons. The van der Waals surface area contributed by atoms with Gasteiger partial charge < -0.3 is 19.7 Å². The SMILES string of the molecule is COC(=O)CN1CCN[C@@H](CC(=O)OC(C)(C)C)C1=O. The van der Waals surface area contributed by atoms with Crippen molar-refractivity contribution in [1.29, 1.82) is 0 Å². The van der Waals surface area contributed by atoms with Gasteiger partial charge in [-0.2, -0.15) is 0 Å². The van der Waals surface area contributed by atoms with E-state index in [4.69, 9.17) is 4.74 Å². The number of carbonyl (C=O) groups is 3. The topological polar surface area (TPSA) is 84.9 Å². The molecule has 1 aliphatic rings. The summed E-state index contributed by atoms with van der Waals surface area (Å²) in [4.78, 5) is 36.5. The van der Waals surface area contributed by atoms with Gasteiger partial charge in [0.1, 0.15) is 12.1 Å². The number of amides is 1. The van der Waals surface area contributed by atoms with E-state index in [0.717, 1.165) is 0 Å². The molecule has 0 spiro atoms. The Bertz CT molecular complexity index is 389. The van der Waals surface area contributed by atoms with Crippen LogP contribution in [0.1, 0.15) is 27.2 Å². The third-order valence-corrected chi connectivity index (χ3v) is 2.72. The van der Waals surface area contributed by atoms with Gasteiger partial charge in [0.25, 0.3) is 0 Å². The zero-order valence-electron chi connectivity index (χ0n) is 12.4. The molecule has 1 aliphatic heterocycles. The lowest BCUT2D eigenvalue weighted by Gasteiger charge is -2.32. The summed E-state index contributed by atoms with van der Waals surface area (Å²) in [6.07, 6.45) is -0.0478. The van der Waals surface area contributed by atoms with E-state index in [2.05, 4.69) is 10.1 Å². The molecule has 1 heterocycles. The molecule has 0 aromatic heterocycles. The second-order valence-electron chi connectivity index (χ2n) is 5.63. The lowest BCUT2D eigenvalue weighted by molar-refractivity contribution is -0.158. The van der Waals surface area contributed by atoms with Crippen LogP contribution in [0, 0.1) is 0 Å². The van der Waals surface area contributed by atoms with Crippen LogP contribution in [0.5, 0.6) is 0 Å². The van der Waals surface area contributed by atoms with E-state index >= 15 is 0 Å². The molecule has 1 N–H and O–H groups in total. The first kappa shape index (κ1) is 16.4. The molecule has 0 saturated carbocycles. The number of nitrogens with one attached hydrogen (secondary N) is 1. The minimum absolute atomic E-state index is 0.0478. The molecular formula is C13H22N2O5. The Labute approximate surface area is 118 Å². The predicted molar refractivity (Wildman–Crippen MR) is 70.8 cm³/mol. The van der Waals surface area contributed by atoms with Crippen molar-refractivity contribution in [3.05, 3.63) is 0 Å². The normalized spacial score (nSPS) is 19.7. The number of hydrogen-bond acceptors (Lipinski definition) is 6. The van der Waals surface area contributed by atoms with Crippen LogP contribution in [0.2, 0.25) is 0 Å². The highest BCUT2D eigenvalue weighted by molar-refractivity contribution is 5.89. The van der Waals surface area contributed by atoms with Crippen molar-refractivity contribution in [3.8, 4) is 0 Å². The van der Waals surface area contributed by atoms with E-state index in [9.17, 15) is 14.4 Å². The second-order valence-corrected chi connectivity index (χ2v) is 5.63. The maximum Gasteiger partial charge on any atom is 0.325 e. The first-order valence-electron chi connectivity index (χ1n) is 6.54. The summed E-state index contributed by atoms with van der Waals surface area (Å²) in [7, 11) is 1.27. The monoisotopic (exact) mass is 286 g/mol. The number of hydrogen-bond donors (Lipinski definition) is 1. The lowest BCUT2D eigenvalue weighted by atomic mass is 10.1. The highest BCUT2D eigenvalue weighted by Crippen LogP contribution is 2.12. The summed E-state index contributed by atoms with van der Waals surface area (Å²) < 4.78 is 9.72. The van der Waals surface area contributed by atoms with Gasteiger partial charge in [0.15, 0.2) is 0 Å². The lowest BCUT2D eigenvalue weighted by Crippen LogP contribution is -2.57. The Morgan fingerprint density at radius 2 is 2.00 bits per heavy atom. The van der Waals surface area contributed by atoms with E-state index in [1.165, 1.54) is 12.0 Å². The largest absolute Gasteiger partial charge is 0.468 e. The molecule has 0 aliphatic carbocycles. The number of carbonyl (C=O) groups excluding carboxylic acids is 3. The summed E-state index contributed by atoms with van der Waals surface area (Å²) in [5.41, 5.74) is -0.583. The van der Waals surface area contributed by atoms with Crippen molar-refractivity contribution in [3.63, 3.8) is 0 Å². The molecule has 20 heavy (non-hydrogen) atoms. The molecule has 1 saturated heterocycles. The van der Waals surface area contributed by atoms with Crippen LogP contribution >= 0.6 is 0 Å². The minimum Gasteiger partial charge on any atom is -0.468 e. The van der Waals surface area contributed by atoms with Gasteiger partial charge in [-0.05, 0) is 20.8 Å². The van der Waals surface area contributed by atoms with Crippen LogP contribution < -0.4 is 5.32 Å². The Morgan fingerprint density at radius 1 is 1.35 bits per heavy atom. The number of methoxy groups -OCH3 is 1. The summed E-state index contributed by atoms with van der Waals surface area (Å²) in [6, 6.07) is -0.650.